The summed E-state index contributed by atoms with van der Waals surface area (Å²) in [4.78, 5) is 39.7. The van der Waals surface area contributed by atoms with Crippen LogP contribution in [0.15, 0.2) is 17.1 Å². The van der Waals surface area contributed by atoms with Crippen molar-refractivity contribution in [3.8, 4) is 0 Å². The van der Waals surface area contributed by atoms with Gasteiger partial charge in [-0.05, 0) is 26.3 Å². The van der Waals surface area contributed by atoms with Gasteiger partial charge < -0.3 is 15.0 Å². The van der Waals surface area contributed by atoms with Crippen LogP contribution in [0, 0.1) is 20.8 Å². The fourth-order valence-corrected chi connectivity index (χ4v) is 3.03. The largest absolute Gasteiger partial charge is 0.465 e. The number of carbonyl (C=O) groups excluding carboxylic acids is 2. The molecule has 22 heavy (non-hydrogen) atoms. The Bertz CT molecular complexity index is 804. The standard InChI is InChI=1S/C15H16N2O4S/c1-7-5-11(18)10(6-16-7)13(19)17-14-12(15(20)21-4)8(2)9(3)22-14/h5-6H,1-4H3,(H,16,18)(H,17,19). The first-order valence-corrected chi connectivity index (χ1v) is 7.35. The van der Waals surface area contributed by atoms with E-state index < -0.39 is 11.9 Å². The Morgan fingerprint density at radius 2 is 1.95 bits per heavy atom. The highest BCUT2D eigenvalue weighted by molar-refractivity contribution is 7.16. The number of thiophene rings is 1. The van der Waals surface area contributed by atoms with E-state index in [9.17, 15) is 14.4 Å². The number of rotatable bonds is 3. The van der Waals surface area contributed by atoms with E-state index in [4.69, 9.17) is 4.74 Å². The zero-order chi connectivity index (χ0) is 16.4. The van der Waals surface area contributed by atoms with Crippen molar-refractivity contribution >= 4 is 28.2 Å². The fourth-order valence-electron chi connectivity index (χ4n) is 1.98. The molecule has 116 valence electrons. The first-order chi connectivity index (χ1) is 10.3. The molecule has 1 amide bonds. The smallest absolute Gasteiger partial charge is 0.341 e. The van der Waals surface area contributed by atoms with Gasteiger partial charge in [-0.2, -0.15) is 0 Å². The molecule has 2 N–H and O–H groups in total. The second kappa shape index (κ2) is 6.15. The van der Waals surface area contributed by atoms with Crippen molar-refractivity contribution in [2.24, 2.45) is 0 Å². The number of esters is 1. The summed E-state index contributed by atoms with van der Waals surface area (Å²) in [7, 11) is 1.28. The van der Waals surface area contributed by atoms with Crippen molar-refractivity contribution < 1.29 is 14.3 Å². The Morgan fingerprint density at radius 3 is 2.55 bits per heavy atom. The molecule has 0 aliphatic carbocycles. The number of anilines is 1. The summed E-state index contributed by atoms with van der Waals surface area (Å²) in [6.07, 6.45) is 1.36. The van der Waals surface area contributed by atoms with Crippen molar-refractivity contribution in [1.29, 1.82) is 0 Å². The summed E-state index contributed by atoms with van der Waals surface area (Å²) in [5.41, 5.74) is 1.36. The second-order valence-corrected chi connectivity index (χ2v) is 6.05. The number of pyridine rings is 1. The zero-order valence-electron chi connectivity index (χ0n) is 12.7. The Kier molecular flexibility index (Phi) is 4.46. The first kappa shape index (κ1) is 16.0. The molecule has 0 fully saturated rings. The van der Waals surface area contributed by atoms with Crippen LogP contribution in [0.1, 0.15) is 36.9 Å². The maximum absolute atomic E-state index is 12.3. The van der Waals surface area contributed by atoms with Gasteiger partial charge in [0.15, 0.2) is 5.43 Å². The van der Waals surface area contributed by atoms with Gasteiger partial charge in [0.05, 0.1) is 12.7 Å². The molecule has 2 aromatic heterocycles. The second-order valence-electron chi connectivity index (χ2n) is 4.83. The molecule has 2 heterocycles. The Labute approximate surface area is 131 Å². The Hall–Kier alpha value is -2.41. The molecule has 0 atom stereocenters. The van der Waals surface area contributed by atoms with Crippen LogP contribution in [0.25, 0.3) is 0 Å². The van der Waals surface area contributed by atoms with E-state index in [2.05, 4.69) is 10.3 Å². The van der Waals surface area contributed by atoms with Gasteiger partial charge in [0.1, 0.15) is 10.6 Å². The van der Waals surface area contributed by atoms with Gasteiger partial charge in [-0.1, -0.05) is 0 Å². The molecule has 2 rings (SSSR count). The van der Waals surface area contributed by atoms with Crippen LogP contribution in [-0.2, 0) is 4.74 Å². The number of ether oxygens (including phenoxy) is 1. The lowest BCUT2D eigenvalue weighted by Gasteiger charge is -2.06. The molecule has 0 unspecified atom stereocenters. The molecule has 0 saturated carbocycles. The van der Waals surface area contributed by atoms with Crippen LogP contribution in [0.5, 0.6) is 0 Å². The predicted molar refractivity (Wildman–Crippen MR) is 84.9 cm³/mol. The highest BCUT2D eigenvalue weighted by atomic mass is 32.1. The topological polar surface area (TPSA) is 88.3 Å². The number of aromatic amines is 1. The number of aromatic nitrogens is 1. The number of carbonyl (C=O) groups is 2. The number of hydrogen-bond acceptors (Lipinski definition) is 5. The van der Waals surface area contributed by atoms with E-state index in [0.717, 1.165) is 10.4 Å². The highest BCUT2D eigenvalue weighted by Crippen LogP contribution is 2.33. The summed E-state index contributed by atoms with van der Waals surface area (Å²) in [6.45, 7) is 5.36. The van der Waals surface area contributed by atoms with E-state index in [1.54, 1.807) is 13.8 Å². The molecule has 7 heteroatoms. The average Bonchev–Trinajstić information content (AvgIpc) is 2.72. The molecule has 0 spiro atoms. The van der Waals surface area contributed by atoms with Crippen molar-refractivity contribution in [2.45, 2.75) is 20.8 Å². The van der Waals surface area contributed by atoms with E-state index in [0.29, 0.717) is 16.3 Å². The number of hydrogen-bond donors (Lipinski definition) is 2. The summed E-state index contributed by atoms with van der Waals surface area (Å²) >= 11 is 1.27. The summed E-state index contributed by atoms with van der Waals surface area (Å²) < 4.78 is 4.75. The third-order valence-electron chi connectivity index (χ3n) is 3.30. The van der Waals surface area contributed by atoms with Gasteiger partial charge in [0.25, 0.3) is 5.91 Å². The Balaban J connectivity index is 2.39. The molecule has 2 aromatic rings. The van der Waals surface area contributed by atoms with Gasteiger partial charge in [0, 0.05) is 22.8 Å². The molecule has 0 radical (unpaired) electrons. The molecule has 0 saturated heterocycles. The molecular formula is C15H16N2O4S. The quantitative estimate of drug-likeness (QED) is 0.850. The van der Waals surface area contributed by atoms with E-state index in [1.165, 1.54) is 30.7 Å². The van der Waals surface area contributed by atoms with Crippen LogP contribution in [0.3, 0.4) is 0 Å². The van der Waals surface area contributed by atoms with Gasteiger partial charge in [-0.3, -0.25) is 9.59 Å². The van der Waals surface area contributed by atoms with Crippen molar-refractivity contribution in [1.82, 2.24) is 4.98 Å². The molecular weight excluding hydrogens is 304 g/mol. The highest BCUT2D eigenvalue weighted by Gasteiger charge is 2.22. The maximum Gasteiger partial charge on any atom is 0.341 e. The fraction of sp³-hybridized carbons (Fsp3) is 0.267. The minimum Gasteiger partial charge on any atom is -0.465 e. The van der Waals surface area contributed by atoms with Gasteiger partial charge in [-0.25, -0.2) is 4.79 Å². The van der Waals surface area contributed by atoms with Gasteiger partial charge in [0.2, 0.25) is 0 Å². The number of amides is 1. The zero-order valence-corrected chi connectivity index (χ0v) is 13.5. The lowest BCUT2D eigenvalue weighted by molar-refractivity contribution is 0.0601. The summed E-state index contributed by atoms with van der Waals surface area (Å²) in [5.74, 6) is -1.08. The van der Waals surface area contributed by atoms with E-state index >= 15 is 0 Å². The third kappa shape index (κ3) is 2.94. The molecule has 0 aliphatic rings. The average molecular weight is 320 g/mol. The Morgan fingerprint density at radius 1 is 1.27 bits per heavy atom. The minimum absolute atomic E-state index is 0.00915. The van der Waals surface area contributed by atoms with Gasteiger partial charge >= 0.3 is 5.97 Å². The predicted octanol–water partition coefficient (Wildman–Crippen LogP) is 2.40. The normalized spacial score (nSPS) is 10.4. The van der Waals surface area contributed by atoms with Crippen LogP contribution in [0.4, 0.5) is 5.00 Å². The summed E-state index contributed by atoms with van der Waals surface area (Å²) in [5, 5.41) is 3.00. The van der Waals surface area contributed by atoms with E-state index in [1.807, 2.05) is 6.92 Å². The van der Waals surface area contributed by atoms with Crippen LogP contribution in [0.2, 0.25) is 0 Å². The van der Waals surface area contributed by atoms with Gasteiger partial charge in [-0.15, -0.1) is 11.3 Å². The maximum atomic E-state index is 12.3. The molecule has 6 nitrogen and oxygen atoms in total. The van der Waals surface area contributed by atoms with Crippen LogP contribution in [-0.4, -0.2) is 24.0 Å². The van der Waals surface area contributed by atoms with Crippen molar-refractivity contribution in [3.05, 3.63) is 49.7 Å². The van der Waals surface area contributed by atoms with Crippen LogP contribution < -0.4 is 10.7 Å². The number of nitrogens with one attached hydrogen (secondary N) is 2. The number of H-pyrrole nitrogens is 1. The molecule has 0 aromatic carbocycles. The van der Waals surface area contributed by atoms with Crippen LogP contribution >= 0.6 is 11.3 Å². The number of methoxy groups -OCH3 is 1. The minimum atomic E-state index is -0.562. The van der Waals surface area contributed by atoms with Crippen molar-refractivity contribution in [3.63, 3.8) is 0 Å². The summed E-state index contributed by atoms with van der Waals surface area (Å²) in [6, 6.07) is 1.35. The molecule has 0 bridgehead atoms. The SMILES string of the molecule is COC(=O)c1c(NC(=O)c2c[nH]c(C)cc2=O)sc(C)c1C. The number of aryl methyl sites for hydroxylation is 2. The van der Waals surface area contributed by atoms with E-state index in [-0.39, 0.29) is 11.0 Å². The third-order valence-corrected chi connectivity index (χ3v) is 4.43. The lowest BCUT2D eigenvalue weighted by Crippen LogP contribution is -2.22. The monoisotopic (exact) mass is 320 g/mol. The van der Waals surface area contributed by atoms with Crippen molar-refractivity contribution in [2.75, 3.05) is 12.4 Å². The first-order valence-electron chi connectivity index (χ1n) is 6.54. The lowest BCUT2D eigenvalue weighted by atomic mass is 10.1. The molecule has 0 aliphatic heterocycles.